The lowest BCUT2D eigenvalue weighted by Crippen LogP contribution is -2.35. The largest absolute Gasteiger partial charge is 0.316 e. The first-order chi connectivity index (χ1) is 15.2. The van der Waals surface area contributed by atoms with Gasteiger partial charge in [0, 0.05) is 63.7 Å². The van der Waals surface area contributed by atoms with Crippen molar-refractivity contribution in [2.45, 2.75) is 38.5 Å². The Bertz CT molecular complexity index is 735. The van der Waals surface area contributed by atoms with Crippen LogP contribution in [0.15, 0.2) is 60.7 Å². The van der Waals surface area contributed by atoms with E-state index in [0.29, 0.717) is 11.6 Å². The van der Waals surface area contributed by atoms with Crippen molar-refractivity contribution in [3.63, 3.8) is 0 Å². The zero-order valence-corrected chi connectivity index (χ0v) is 20.0. The summed E-state index contributed by atoms with van der Waals surface area (Å²) in [5.41, 5.74) is 2.78. The normalized spacial score (nSPS) is 16.5. The molecule has 2 aromatic rings. The highest BCUT2D eigenvalue weighted by atomic mass is 79.9. The minimum Gasteiger partial charge on any atom is -0.316 e. The minimum absolute atomic E-state index is 0.402. The molecule has 1 N–H and O–H groups in total. The average Bonchev–Trinajstić information content (AvgIpc) is 2.82. The highest BCUT2D eigenvalue weighted by molar-refractivity contribution is 9.09. The predicted molar refractivity (Wildman–Crippen MR) is 132 cm³/mol. The summed E-state index contributed by atoms with van der Waals surface area (Å²) in [6.07, 6.45) is 5.18. The third-order valence-electron chi connectivity index (χ3n) is 5.36. The molecule has 0 spiro atoms. The van der Waals surface area contributed by atoms with Crippen molar-refractivity contribution >= 4 is 27.5 Å². The number of benzene rings is 2. The second-order valence-corrected chi connectivity index (χ2v) is 8.62. The number of rotatable bonds is 5. The summed E-state index contributed by atoms with van der Waals surface area (Å²) < 4.78 is 0. The molecule has 0 aliphatic carbocycles. The fourth-order valence-corrected chi connectivity index (χ4v) is 3.88. The zero-order chi connectivity index (χ0) is 22.2. The molecule has 2 fully saturated rings. The molecular formula is C26H35BrN2O2. The Labute approximate surface area is 195 Å². The average molecular weight is 487 g/mol. The summed E-state index contributed by atoms with van der Waals surface area (Å²) in [6.45, 7) is 4.76. The number of aryl methyl sites for hydroxylation is 1. The van der Waals surface area contributed by atoms with E-state index in [-0.39, 0.29) is 0 Å². The molecule has 0 saturated carbocycles. The minimum atomic E-state index is 0.402. The number of carbonyl (C=O) groups excluding carboxylic acids is 2. The maximum absolute atomic E-state index is 11.1. The number of Topliss-reactive ketones (excluding diaryl/α,β-unsaturated/α-hetero) is 2. The third kappa shape index (κ3) is 12.0. The van der Waals surface area contributed by atoms with E-state index in [0.717, 1.165) is 76.6 Å². The highest BCUT2D eigenvalue weighted by Crippen LogP contribution is 2.07. The SMILES string of the molecule is BrCCc1ccccc1.O=C1CCN(CCc2ccccc2)CC1.O=C1CCNCC1. The van der Waals surface area contributed by atoms with Crippen LogP contribution in [0.3, 0.4) is 0 Å². The molecule has 2 aliphatic rings. The summed E-state index contributed by atoms with van der Waals surface area (Å²) in [6, 6.07) is 21.0. The fraction of sp³-hybridized carbons (Fsp3) is 0.462. The molecule has 5 heteroatoms. The van der Waals surface area contributed by atoms with Crippen LogP contribution in [0.4, 0.5) is 0 Å². The Kier molecular flexibility index (Phi) is 13.1. The number of likely N-dealkylation sites (tertiary alicyclic amines) is 1. The first-order valence-electron chi connectivity index (χ1n) is 11.3. The highest BCUT2D eigenvalue weighted by Gasteiger charge is 2.15. The molecular weight excluding hydrogens is 452 g/mol. The van der Waals surface area contributed by atoms with Crippen molar-refractivity contribution in [2.75, 3.05) is 38.1 Å². The molecule has 0 radical (unpaired) electrons. The van der Waals surface area contributed by atoms with E-state index in [9.17, 15) is 9.59 Å². The number of nitrogens with zero attached hydrogens (tertiary/aromatic N) is 1. The van der Waals surface area contributed by atoms with Crippen LogP contribution in [0.1, 0.15) is 36.8 Å². The van der Waals surface area contributed by atoms with E-state index >= 15 is 0 Å². The van der Waals surface area contributed by atoms with Gasteiger partial charge in [-0.3, -0.25) is 9.59 Å². The van der Waals surface area contributed by atoms with Crippen LogP contribution in [0, 0.1) is 0 Å². The van der Waals surface area contributed by atoms with Crippen LogP contribution in [0.5, 0.6) is 0 Å². The van der Waals surface area contributed by atoms with Crippen molar-refractivity contribution in [1.82, 2.24) is 10.2 Å². The Morgan fingerprint density at radius 2 is 1.19 bits per heavy atom. The number of ketones is 2. The number of piperidine rings is 2. The maximum Gasteiger partial charge on any atom is 0.135 e. The molecule has 0 bridgehead atoms. The molecule has 2 aromatic carbocycles. The third-order valence-corrected chi connectivity index (χ3v) is 5.76. The monoisotopic (exact) mass is 486 g/mol. The molecule has 0 unspecified atom stereocenters. The van der Waals surface area contributed by atoms with Crippen LogP contribution in [0.2, 0.25) is 0 Å². The van der Waals surface area contributed by atoms with Crippen LogP contribution in [-0.4, -0.2) is 54.5 Å². The van der Waals surface area contributed by atoms with Gasteiger partial charge in [-0.1, -0.05) is 76.6 Å². The van der Waals surface area contributed by atoms with Gasteiger partial charge in [-0.05, 0) is 24.0 Å². The van der Waals surface area contributed by atoms with Gasteiger partial charge >= 0.3 is 0 Å². The lowest BCUT2D eigenvalue weighted by molar-refractivity contribution is -0.121. The Morgan fingerprint density at radius 3 is 1.65 bits per heavy atom. The fourth-order valence-electron chi connectivity index (χ4n) is 3.42. The van der Waals surface area contributed by atoms with Gasteiger partial charge in [-0.2, -0.15) is 0 Å². The molecule has 4 rings (SSSR count). The van der Waals surface area contributed by atoms with Crippen molar-refractivity contribution in [3.05, 3.63) is 71.8 Å². The van der Waals surface area contributed by atoms with Crippen LogP contribution < -0.4 is 5.32 Å². The first-order valence-corrected chi connectivity index (χ1v) is 12.4. The number of nitrogens with one attached hydrogen (secondary N) is 1. The predicted octanol–water partition coefficient (Wildman–Crippen LogP) is 4.46. The molecule has 31 heavy (non-hydrogen) atoms. The van der Waals surface area contributed by atoms with E-state index in [2.05, 4.69) is 74.7 Å². The Hall–Kier alpha value is -1.82. The van der Waals surface area contributed by atoms with Gasteiger partial charge in [-0.15, -0.1) is 0 Å². The van der Waals surface area contributed by atoms with Crippen LogP contribution >= 0.6 is 15.9 Å². The molecule has 2 aliphatic heterocycles. The molecule has 168 valence electrons. The van der Waals surface area contributed by atoms with Crippen LogP contribution in [0.25, 0.3) is 0 Å². The van der Waals surface area contributed by atoms with E-state index in [4.69, 9.17) is 0 Å². The number of halogens is 1. The molecule has 4 nitrogen and oxygen atoms in total. The van der Waals surface area contributed by atoms with Gasteiger partial charge in [-0.25, -0.2) is 0 Å². The van der Waals surface area contributed by atoms with Gasteiger partial charge in [0.1, 0.15) is 11.6 Å². The molecule has 0 amide bonds. The summed E-state index contributed by atoms with van der Waals surface area (Å²) in [4.78, 5) is 23.9. The standard InChI is InChI=1S/C13H17NO.C8H9Br.C5H9NO/c15-13-7-10-14(11-8-13)9-6-12-4-2-1-3-5-12;9-7-6-8-4-2-1-3-5-8;7-5-1-3-6-4-2-5/h1-5H,6-11H2;1-5H,6-7H2;6H,1-4H2. The first kappa shape index (κ1) is 25.4. The summed E-state index contributed by atoms with van der Waals surface area (Å²) >= 11 is 3.39. The quantitative estimate of drug-likeness (QED) is 0.633. The van der Waals surface area contributed by atoms with Gasteiger partial charge in [0.25, 0.3) is 0 Å². The van der Waals surface area contributed by atoms with Crippen molar-refractivity contribution in [2.24, 2.45) is 0 Å². The second kappa shape index (κ2) is 15.9. The number of carbonyl (C=O) groups is 2. The molecule has 2 heterocycles. The number of hydrogen-bond acceptors (Lipinski definition) is 4. The number of hydrogen-bond donors (Lipinski definition) is 1. The lowest BCUT2D eigenvalue weighted by atomic mass is 10.1. The van der Waals surface area contributed by atoms with Gasteiger partial charge < -0.3 is 10.2 Å². The van der Waals surface area contributed by atoms with Gasteiger partial charge in [0.15, 0.2) is 0 Å². The summed E-state index contributed by atoms with van der Waals surface area (Å²) in [5.74, 6) is 0.824. The van der Waals surface area contributed by atoms with E-state index in [1.807, 2.05) is 12.1 Å². The van der Waals surface area contributed by atoms with Crippen molar-refractivity contribution in [1.29, 1.82) is 0 Å². The van der Waals surface area contributed by atoms with Crippen molar-refractivity contribution < 1.29 is 9.59 Å². The zero-order valence-electron chi connectivity index (χ0n) is 18.4. The maximum atomic E-state index is 11.1. The molecule has 2 saturated heterocycles. The van der Waals surface area contributed by atoms with E-state index in [1.165, 1.54) is 11.1 Å². The summed E-state index contributed by atoms with van der Waals surface area (Å²) in [5, 5.41) is 4.15. The van der Waals surface area contributed by atoms with Gasteiger partial charge in [0.2, 0.25) is 0 Å². The summed E-state index contributed by atoms with van der Waals surface area (Å²) in [7, 11) is 0. The van der Waals surface area contributed by atoms with Crippen LogP contribution in [-0.2, 0) is 22.4 Å². The lowest BCUT2D eigenvalue weighted by Gasteiger charge is -2.25. The second-order valence-electron chi connectivity index (χ2n) is 7.83. The smallest absolute Gasteiger partial charge is 0.135 e. The Balaban J connectivity index is 0.000000181. The molecule has 0 atom stereocenters. The molecule has 0 aromatic heterocycles. The van der Waals surface area contributed by atoms with E-state index < -0.39 is 0 Å². The number of alkyl halides is 1. The Morgan fingerprint density at radius 1 is 0.710 bits per heavy atom. The van der Waals surface area contributed by atoms with Gasteiger partial charge in [0.05, 0.1) is 0 Å². The topological polar surface area (TPSA) is 49.4 Å². The van der Waals surface area contributed by atoms with Crippen molar-refractivity contribution in [3.8, 4) is 0 Å². The van der Waals surface area contributed by atoms with E-state index in [1.54, 1.807) is 0 Å².